The molecule has 7 atom stereocenters. The summed E-state index contributed by atoms with van der Waals surface area (Å²) in [7, 11) is 0. The molecule has 0 aromatic heterocycles. The van der Waals surface area contributed by atoms with Gasteiger partial charge < -0.3 is 40.3 Å². The highest BCUT2D eigenvalue weighted by molar-refractivity contribution is 5.76. The summed E-state index contributed by atoms with van der Waals surface area (Å²) < 4.78 is 11.2. The standard InChI is InChI=1S/C67H125NO8/c1-3-5-7-9-11-13-15-17-18-19-20-21-22-23-24-25-26-27-28-29-30-31-32-33-34-35-36-37-38-39-40-41-42-43-44-45-47-49-51-53-55-57-63(71)68-60(59-75-67-66(74)65(73)64(72)62(58-69)76-67)61(70)56-54-52-50-48-46-16-14-12-10-8-6-4-2/h15,17,19-20,46,48,54,56,60-62,64-67,69-70,72-74H,3-14,16,18,21-45,47,49-53,55,57-59H2,1-2H3,(H,68,71)/b17-15-,20-19-,48-46+,56-54+. The first-order valence-corrected chi connectivity index (χ1v) is 32.9. The van der Waals surface area contributed by atoms with Crippen LogP contribution in [0.4, 0.5) is 0 Å². The van der Waals surface area contributed by atoms with E-state index in [1.54, 1.807) is 6.08 Å². The molecule has 9 heteroatoms. The summed E-state index contributed by atoms with van der Waals surface area (Å²) in [6, 6.07) is -0.819. The molecule has 446 valence electrons. The number of rotatable bonds is 57. The number of aliphatic hydroxyl groups is 5. The van der Waals surface area contributed by atoms with Crippen LogP contribution in [0.5, 0.6) is 0 Å². The highest BCUT2D eigenvalue weighted by Crippen LogP contribution is 2.23. The number of carbonyl (C=O) groups excluding carboxylic acids is 1. The number of hydrogen-bond donors (Lipinski definition) is 6. The van der Waals surface area contributed by atoms with Crippen molar-refractivity contribution in [3.05, 3.63) is 48.6 Å². The van der Waals surface area contributed by atoms with Crippen LogP contribution in [0.25, 0.3) is 0 Å². The molecule has 1 amide bonds. The summed E-state index contributed by atoms with van der Waals surface area (Å²) in [6.45, 7) is 3.75. The zero-order valence-electron chi connectivity index (χ0n) is 49.8. The van der Waals surface area contributed by atoms with Gasteiger partial charge >= 0.3 is 0 Å². The second-order valence-corrected chi connectivity index (χ2v) is 22.9. The Hall–Kier alpha value is -1.85. The summed E-state index contributed by atoms with van der Waals surface area (Å²) in [5, 5.41) is 54.4. The highest BCUT2D eigenvalue weighted by atomic mass is 16.7. The number of aliphatic hydroxyl groups excluding tert-OH is 5. The van der Waals surface area contributed by atoms with Crippen LogP contribution in [-0.4, -0.2) is 87.5 Å². The van der Waals surface area contributed by atoms with Gasteiger partial charge in [-0.2, -0.15) is 0 Å². The molecule has 1 rings (SSSR count). The molecule has 0 radical (unpaired) electrons. The summed E-state index contributed by atoms with van der Waals surface area (Å²) in [5.74, 6) is -0.183. The molecule has 1 fully saturated rings. The Morgan fingerprint density at radius 2 is 0.789 bits per heavy atom. The van der Waals surface area contributed by atoms with E-state index in [0.29, 0.717) is 6.42 Å². The summed E-state index contributed by atoms with van der Waals surface area (Å²) in [4.78, 5) is 13.0. The maximum atomic E-state index is 13.0. The van der Waals surface area contributed by atoms with Crippen LogP contribution in [-0.2, 0) is 14.3 Å². The lowest BCUT2D eigenvalue weighted by atomic mass is 9.99. The lowest BCUT2D eigenvalue weighted by Gasteiger charge is -2.40. The number of carbonyl (C=O) groups is 1. The zero-order valence-corrected chi connectivity index (χ0v) is 49.8. The molecule has 1 aliphatic rings. The number of ether oxygens (including phenoxy) is 2. The third kappa shape index (κ3) is 44.9. The van der Waals surface area contributed by atoms with Crippen molar-refractivity contribution in [3.63, 3.8) is 0 Å². The Kier molecular flexibility index (Phi) is 53.6. The minimum Gasteiger partial charge on any atom is -0.394 e. The van der Waals surface area contributed by atoms with E-state index in [-0.39, 0.29) is 12.5 Å². The molecule has 1 saturated heterocycles. The molecule has 7 unspecified atom stereocenters. The fourth-order valence-electron chi connectivity index (χ4n) is 10.4. The number of amides is 1. The van der Waals surface area contributed by atoms with E-state index in [1.165, 1.54) is 250 Å². The van der Waals surface area contributed by atoms with Gasteiger partial charge in [0.05, 0.1) is 25.4 Å². The monoisotopic (exact) mass is 1070 g/mol. The van der Waals surface area contributed by atoms with Gasteiger partial charge in [0.15, 0.2) is 6.29 Å². The van der Waals surface area contributed by atoms with Crippen molar-refractivity contribution in [2.75, 3.05) is 13.2 Å². The molecule has 1 heterocycles. The predicted molar refractivity (Wildman–Crippen MR) is 323 cm³/mol. The van der Waals surface area contributed by atoms with Gasteiger partial charge in [0.2, 0.25) is 5.91 Å². The number of allylic oxidation sites excluding steroid dienone is 7. The molecule has 0 aliphatic carbocycles. The van der Waals surface area contributed by atoms with Crippen LogP contribution in [0.3, 0.4) is 0 Å². The minimum absolute atomic E-state index is 0.183. The summed E-state index contributed by atoms with van der Waals surface area (Å²) >= 11 is 0. The molecule has 0 aromatic carbocycles. The molecule has 0 saturated carbocycles. The summed E-state index contributed by atoms with van der Waals surface area (Å²) in [6.07, 6.45) is 69.6. The largest absolute Gasteiger partial charge is 0.394 e. The van der Waals surface area contributed by atoms with Crippen molar-refractivity contribution >= 4 is 5.91 Å². The van der Waals surface area contributed by atoms with Crippen molar-refractivity contribution in [1.29, 1.82) is 0 Å². The van der Waals surface area contributed by atoms with Crippen LogP contribution < -0.4 is 5.32 Å². The SMILES string of the molecule is CCCCCCC/C=C\C/C=C\CCCCCCCCCCCCCCCCCCCCCCCCCCCCCCCC(=O)NC(COC1OC(CO)C(O)C(O)C1O)C(O)/C=C/CC/C=C/CCCCCCCC. The number of unbranched alkanes of at least 4 members (excludes halogenated alkanes) is 41. The van der Waals surface area contributed by atoms with Gasteiger partial charge in [0, 0.05) is 6.42 Å². The molecule has 0 aromatic rings. The molecule has 9 nitrogen and oxygen atoms in total. The average molecular weight is 1070 g/mol. The zero-order chi connectivity index (χ0) is 55.0. The second-order valence-electron chi connectivity index (χ2n) is 22.9. The van der Waals surface area contributed by atoms with E-state index >= 15 is 0 Å². The van der Waals surface area contributed by atoms with Crippen molar-refractivity contribution in [1.82, 2.24) is 5.32 Å². The van der Waals surface area contributed by atoms with Gasteiger partial charge in [-0.1, -0.05) is 294 Å². The first-order valence-electron chi connectivity index (χ1n) is 32.9. The van der Waals surface area contributed by atoms with Gasteiger partial charge in [-0.3, -0.25) is 4.79 Å². The van der Waals surface area contributed by atoms with E-state index in [2.05, 4.69) is 55.6 Å². The number of hydrogen-bond acceptors (Lipinski definition) is 8. The Morgan fingerprint density at radius 1 is 0.447 bits per heavy atom. The van der Waals surface area contributed by atoms with E-state index in [1.807, 2.05) is 6.08 Å². The predicted octanol–water partition coefficient (Wildman–Crippen LogP) is 17.2. The molecular formula is C67H125NO8. The van der Waals surface area contributed by atoms with Crippen LogP contribution >= 0.6 is 0 Å². The molecule has 76 heavy (non-hydrogen) atoms. The first kappa shape index (κ1) is 72.2. The average Bonchev–Trinajstić information content (AvgIpc) is 3.42. The van der Waals surface area contributed by atoms with Gasteiger partial charge in [-0.15, -0.1) is 0 Å². The maximum Gasteiger partial charge on any atom is 0.220 e. The molecule has 0 bridgehead atoms. The van der Waals surface area contributed by atoms with Gasteiger partial charge in [0.1, 0.15) is 24.4 Å². The minimum atomic E-state index is -1.57. The van der Waals surface area contributed by atoms with Crippen molar-refractivity contribution in [3.8, 4) is 0 Å². The van der Waals surface area contributed by atoms with Gasteiger partial charge in [0.25, 0.3) is 0 Å². The second kappa shape index (κ2) is 56.4. The van der Waals surface area contributed by atoms with Crippen LogP contribution in [0.15, 0.2) is 48.6 Å². The van der Waals surface area contributed by atoms with Crippen LogP contribution in [0.1, 0.15) is 316 Å². The third-order valence-electron chi connectivity index (χ3n) is 15.6. The Bertz CT molecular complexity index is 1340. The molecule has 0 spiro atoms. The first-order chi connectivity index (χ1) is 37.3. The van der Waals surface area contributed by atoms with Crippen molar-refractivity contribution in [2.45, 2.75) is 358 Å². The fourth-order valence-corrected chi connectivity index (χ4v) is 10.4. The smallest absolute Gasteiger partial charge is 0.220 e. The fraction of sp³-hybridized carbons (Fsp3) is 0.866. The Balaban J connectivity index is 2.00. The highest BCUT2D eigenvalue weighted by Gasteiger charge is 2.44. The normalized spacial score (nSPS) is 19.1. The van der Waals surface area contributed by atoms with Gasteiger partial charge in [-0.05, 0) is 64.2 Å². The van der Waals surface area contributed by atoms with Crippen LogP contribution in [0.2, 0.25) is 0 Å². The third-order valence-corrected chi connectivity index (χ3v) is 15.6. The van der Waals surface area contributed by atoms with Crippen molar-refractivity contribution < 1.29 is 39.8 Å². The van der Waals surface area contributed by atoms with E-state index in [9.17, 15) is 30.3 Å². The lowest BCUT2D eigenvalue weighted by molar-refractivity contribution is -0.302. The van der Waals surface area contributed by atoms with Gasteiger partial charge in [-0.25, -0.2) is 0 Å². The molecule has 1 aliphatic heterocycles. The topological polar surface area (TPSA) is 149 Å². The van der Waals surface area contributed by atoms with E-state index in [0.717, 1.165) is 44.9 Å². The quantitative estimate of drug-likeness (QED) is 0.0261. The van der Waals surface area contributed by atoms with Crippen LogP contribution in [0, 0.1) is 0 Å². The Morgan fingerprint density at radius 3 is 1.18 bits per heavy atom. The lowest BCUT2D eigenvalue weighted by Crippen LogP contribution is -2.60. The number of nitrogens with one attached hydrogen (secondary N) is 1. The molecule has 6 N–H and O–H groups in total. The van der Waals surface area contributed by atoms with E-state index in [4.69, 9.17) is 9.47 Å². The Labute approximate surface area is 469 Å². The molecular weight excluding hydrogens is 947 g/mol. The maximum absolute atomic E-state index is 13.0. The van der Waals surface area contributed by atoms with Crippen molar-refractivity contribution in [2.24, 2.45) is 0 Å². The van der Waals surface area contributed by atoms with E-state index < -0.39 is 49.5 Å². The summed E-state index contributed by atoms with van der Waals surface area (Å²) in [5.41, 5.74) is 0.